The summed E-state index contributed by atoms with van der Waals surface area (Å²) in [4.78, 5) is 14.2. The van der Waals surface area contributed by atoms with Gasteiger partial charge in [0.25, 0.3) is 0 Å². The van der Waals surface area contributed by atoms with Crippen molar-refractivity contribution in [1.29, 1.82) is 0 Å². The molecular weight excluding hydrogens is 284 g/mol. The highest BCUT2D eigenvalue weighted by Crippen LogP contribution is 2.37. The molecule has 2 aliphatic rings. The van der Waals surface area contributed by atoms with Crippen molar-refractivity contribution in [3.8, 4) is 0 Å². The Bertz CT molecular complexity index is 533. The molecule has 3 heterocycles. The van der Waals surface area contributed by atoms with Crippen LogP contribution in [0.5, 0.6) is 0 Å². The van der Waals surface area contributed by atoms with Gasteiger partial charge in [-0.2, -0.15) is 0 Å². The van der Waals surface area contributed by atoms with E-state index in [0.717, 1.165) is 57.7 Å². The molecule has 122 valence electrons. The van der Waals surface area contributed by atoms with Crippen LogP contribution in [0.15, 0.2) is 0 Å². The summed E-state index contributed by atoms with van der Waals surface area (Å²) < 4.78 is 1.79. The van der Waals surface area contributed by atoms with Gasteiger partial charge < -0.3 is 15.3 Å². The van der Waals surface area contributed by atoms with E-state index >= 15 is 0 Å². The van der Waals surface area contributed by atoms with Crippen molar-refractivity contribution < 1.29 is 9.90 Å². The van der Waals surface area contributed by atoms with Gasteiger partial charge in [0.05, 0.1) is 5.41 Å². The number of aromatic nitrogens is 4. The van der Waals surface area contributed by atoms with Crippen LogP contribution in [0.2, 0.25) is 0 Å². The zero-order valence-electron chi connectivity index (χ0n) is 13.0. The van der Waals surface area contributed by atoms with Crippen LogP contribution in [-0.2, 0) is 11.3 Å². The molecule has 0 unspecified atom stereocenters. The first-order valence-electron chi connectivity index (χ1n) is 8.04. The summed E-state index contributed by atoms with van der Waals surface area (Å²) in [6, 6.07) is 0.122. The largest absolute Gasteiger partial charge is 0.481 e. The van der Waals surface area contributed by atoms with Gasteiger partial charge in [-0.3, -0.25) is 4.79 Å². The molecule has 0 amide bonds. The number of nitrogens with one attached hydrogen (secondary N) is 1. The molecule has 8 heteroatoms. The molecule has 2 fully saturated rings. The molecule has 2 atom stereocenters. The van der Waals surface area contributed by atoms with Crippen LogP contribution in [0.1, 0.15) is 31.5 Å². The highest BCUT2D eigenvalue weighted by Gasteiger charge is 2.50. The SMILES string of the molecule is Cc1nnnn1CCCN1CC[C@@H]2NCCC[C@@]2(C(=O)O)C1. The molecule has 1 aromatic heterocycles. The molecule has 0 spiro atoms. The molecule has 2 saturated heterocycles. The zero-order chi connectivity index (χ0) is 15.6. The minimum Gasteiger partial charge on any atom is -0.481 e. The third kappa shape index (κ3) is 2.85. The molecule has 2 aliphatic heterocycles. The van der Waals surface area contributed by atoms with Gasteiger partial charge in [-0.15, -0.1) is 5.10 Å². The van der Waals surface area contributed by atoms with Crippen molar-refractivity contribution in [2.45, 2.75) is 45.2 Å². The van der Waals surface area contributed by atoms with Crippen molar-refractivity contribution in [3.63, 3.8) is 0 Å². The molecule has 3 rings (SSSR count). The summed E-state index contributed by atoms with van der Waals surface area (Å²) >= 11 is 0. The van der Waals surface area contributed by atoms with E-state index in [1.165, 1.54) is 0 Å². The number of hydrogen-bond acceptors (Lipinski definition) is 6. The topological polar surface area (TPSA) is 96.2 Å². The number of likely N-dealkylation sites (tertiary alicyclic amines) is 1. The lowest BCUT2D eigenvalue weighted by Gasteiger charge is -2.48. The Kier molecular flexibility index (Phi) is 4.39. The summed E-state index contributed by atoms with van der Waals surface area (Å²) in [6.45, 7) is 6.10. The maximum absolute atomic E-state index is 11.9. The van der Waals surface area contributed by atoms with E-state index in [0.29, 0.717) is 6.54 Å². The van der Waals surface area contributed by atoms with Crippen LogP contribution in [0, 0.1) is 12.3 Å². The second-order valence-electron chi connectivity index (χ2n) is 6.44. The fourth-order valence-electron chi connectivity index (χ4n) is 3.82. The zero-order valence-corrected chi connectivity index (χ0v) is 13.0. The number of tetrazole rings is 1. The van der Waals surface area contributed by atoms with Crippen molar-refractivity contribution in [2.24, 2.45) is 5.41 Å². The van der Waals surface area contributed by atoms with E-state index in [-0.39, 0.29) is 6.04 Å². The summed E-state index contributed by atoms with van der Waals surface area (Å²) in [5, 5.41) is 24.6. The molecule has 2 N–H and O–H groups in total. The van der Waals surface area contributed by atoms with Crippen LogP contribution in [-0.4, -0.2) is 68.4 Å². The third-order valence-corrected chi connectivity index (χ3v) is 5.08. The Morgan fingerprint density at radius 2 is 2.36 bits per heavy atom. The summed E-state index contributed by atoms with van der Waals surface area (Å²) in [5.41, 5.74) is -0.610. The number of carboxylic acid groups (broad SMARTS) is 1. The van der Waals surface area contributed by atoms with Gasteiger partial charge in [0.15, 0.2) is 0 Å². The standard InChI is InChI=1S/C14H24N6O2/c1-11-16-17-18-20(11)8-3-7-19-9-4-12-14(10-19,13(21)22)5-2-6-15-12/h12,15H,2-10H2,1H3,(H,21,22)/t12-,14+/m0/s1. The highest BCUT2D eigenvalue weighted by molar-refractivity contribution is 5.76. The lowest BCUT2D eigenvalue weighted by atomic mass is 9.70. The van der Waals surface area contributed by atoms with Crippen LogP contribution in [0.3, 0.4) is 0 Å². The maximum Gasteiger partial charge on any atom is 0.312 e. The summed E-state index contributed by atoms with van der Waals surface area (Å²) in [7, 11) is 0. The monoisotopic (exact) mass is 308 g/mol. The van der Waals surface area contributed by atoms with E-state index in [1.807, 2.05) is 6.92 Å². The molecule has 0 saturated carbocycles. The van der Waals surface area contributed by atoms with Gasteiger partial charge >= 0.3 is 5.97 Å². The molecule has 8 nitrogen and oxygen atoms in total. The van der Waals surface area contributed by atoms with Crippen molar-refractivity contribution in [1.82, 2.24) is 30.4 Å². The van der Waals surface area contributed by atoms with Gasteiger partial charge in [0.1, 0.15) is 5.82 Å². The molecule has 0 aliphatic carbocycles. The number of carbonyl (C=O) groups is 1. The first kappa shape index (κ1) is 15.4. The van der Waals surface area contributed by atoms with E-state index in [4.69, 9.17) is 0 Å². The average Bonchev–Trinajstić information content (AvgIpc) is 2.92. The van der Waals surface area contributed by atoms with Crippen LogP contribution in [0.25, 0.3) is 0 Å². The number of aliphatic carboxylic acids is 1. The minimum atomic E-state index is -0.647. The second-order valence-corrected chi connectivity index (χ2v) is 6.44. The Morgan fingerprint density at radius 1 is 1.50 bits per heavy atom. The van der Waals surface area contributed by atoms with Crippen LogP contribution >= 0.6 is 0 Å². The highest BCUT2D eigenvalue weighted by atomic mass is 16.4. The smallest absolute Gasteiger partial charge is 0.312 e. The van der Waals surface area contributed by atoms with Gasteiger partial charge in [0, 0.05) is 19.1 Å². The number of fused-ring (bicyclic) bond motifs is 1. The van der Waals surface area contributed by atoms with Gasteiger partial charge in [-0.25, -0.2) is 4.68 Å². The number of hydrogen-bond donors (Lipinski definition) is 2. The number of nitrogens with zero attached hydrogens (tertiary/aromatic N) is 5. The Hall–Kier alpha value is -1.54. The predicted octanol–water partition coefficient (Wildman–Crippen LogP) is -0.0997. The summed E-state index contributed by atoms with van der Waals surface area (Å²) in [6.07, 6.45) is 3.57. The maximum atomic E-state index is 11.9. The van der Waals surface area contributed by atoms with Gasteiger partial charge in [-0.1, -0.05) is 0 Å². The molecular formula is C14H24N6O2. The van der Waals surface area contributed by atoms with E-state index < -0.39 is 11.4 Å². The normalized spacial score (nSPS) is 29.2. The van der Waals surface area contributed by atoms with E-state index in [1.54, 1.807) is 4.68 Å². The predicted molar refractivity (Wildman–Crippen MR) is 79.3 cm³/mol. The fraction of sp³-hybridized carbons (Fsp3) is 0.857. The summed E-state index contributed by atoms with van der Waals surface area (Å²) in [5.74, 6) is 0.169. The molecule has 0 aromatic carbocycles. The van der Waals surface area contributed by atoms with Crippen molar-refractivity contribution in [3.05, 3.63) is 5.82 Å². The Labute approximate surface area is 129 Å². The van der Waals surface area contributed by atoms with Crippen molar-refractivity contribution in [2.75, 3.05) is 26.2 Å². The van der Waals surface area contributed by atoms with Crippen molar-refractivity contribution >= 4 is 5.97 Å². The minimum absolute atomic E-state index is 0.122. The lowest BCUT2D eigenvalue weighted by molar-refractivity contribution is -0.157. The second kappa shape index (κ2) is 6.29. The number of carboxylic acids is 1. The first-order chi connectivity index (χ1) is 10.6. The van der Waals surface area contributed by atoms with Gasteiger partial charge in [-0.05, 0) is 62.7 Å². The average molecular weight is 308 g/mol. The Balaban J connectivity index is 1.57. The molecule has 22 heavy (non-hydrogen) atoms. The lowest BCUT2D eigenvalue weighted by Crippen LogP contribution is -2.63. The Morgan fingerprint density at radius 3 is 3.09 bits per heavy atom. The van der Waals surface area contributed by atoms with Crippen LogP contribution < -0.4 is 5.32 Å². The van der Waals surface area contributed by atoms with E-state index in [9.17, 15) is 9.90 Å². The molecule has 0 radical (unpaired) electrons. The first-order valence-corrected chi connectivity index (χ1v) is 8.04. The quantitative estimate of drug-likeness (QED) is 0.784. The number of piperidine rings is 2. The number of rotatable bonds is 5. The van der Waals surface area contributed by atoms with Gasteiger partial charge in [0.2, 0.25) is 0 Å². The third-order valence-electron chi connectivity index (χ3n) is 5.08. The number of aryl methyl sites for hydroxylation is 2. The fourth-order valence-corrected chi connectivity index (χ4v) is 3.82. The molecule has 0 bridgehead atoms. The van der Waals surface area contributed by atoms with Crippen LogP contribution in [0.4, 0.5) is 0 Å². The molecule has 1 aromatic rings. The van der Waals surface area contributed by atoms with E-state index in [2.05, 4.69) is 25.7 Å².